The molecule has 2 N–H and O–H groups in total. The Hall–Kier alpha value is -1.45. The standard InChI is InChI=1S/C13H17BrN2O5S/c1-16(22(2,20)21)8-12(17)15-11(7-13(18)19)9-4-3-5-10(14)6-9/h3-6,11H,7-8H2,1-2H3,(H,15,17)(H,18,19). The quantitative estimate of drug-likeness (QED) is 0.719. The lowest BCUT2D eigenvalue weighted by Gasteiger charge is -2.20. The highest BCUT2D eigenvalue weighted by Gasteiger charge is 2.21. The van der Waals surface area contributed by atoms with Crippen molar-refractivity contribution >= 4 is 37.8 Å². The summed E-state index contributed by atoms with van der Waals surface area (Å²) < 4.78 is 24.2. The van der Waals surface area contributed by atoms with Crippen molar-refractivity contribution in [1.82, 2.24) is 9.62 Å². The molecule has 0 aliphatic carbocycles. The summed E-state index contributed by atoms with van der Waals surface area (Å²) in [6.07, 6.45) is 0.689. The molecule has 1 aromatic carbocycles. The maximum atomic E-state index is 11.9. The Morgan fingerprint density at radius 3 is 2.55 bits per heavy atom. The molecule has 0 aliphatic rings. The molecule has 0 heterocycles. The molecule has 1 aromatic rings. The Morgan fingerprint density at radius 2 is 2.05 bits per heavy atom. The number of hydrogen-bond donors (Lipinski definition) is 2. The molecule has 122 valence electrons. The zero-order valence-electron chi connectivity index (χ0n) is 12.1. The van der Waals surface area contributed by atoms with Crippen molar-refractivity contribution in [2.75, 3.05) is 19.8 Å². The van der Waals surface area contributed by atoms with Crippen LogP contribution in [0.25, 0.3) is 0 Å². The van der Waals surface area contributed by atoms with Crippen molar-refractivity contribution in [3.8, 4) is 0 Å². The van der Waals surface area contributed by atoms with Crippen LogP contribution in [-0.2, 0) is 19.6 Å². The molecular weight excluding hydrogens is 376 g/mol. The molecule has 1 atom stereocenters. The Bertz CT molecular complexity index is 662. The summed E-state index contributed by atoms with van der Waals surface area (Å²) in [7, 11) is -2.20. The number of carbonyl (C=O) groups is 2. The lowest BCUT2D eigenvalue weighted by Crippen LogP contribution is -2.39. The summed E-state index contributed by atoms with van der Waals surface area (Å²) in [6.45, 7) is -0.372. The van der Waals surface area contributed by atoms with Gasteiger partial charge >= 0.3 is 5.97 Å². The van der Waals surface area contributed by atoms with Crippen LogP contribution in [0.5, 0.6) is 0 Å². The third kappa shape index (κ3) is 6.12. The number of nitrogens with zero attached hydrogens (tertiary/aromatic N) is 1. The van der Waals surface area contributed by atoms with E-state index in [9.17, 15) is 18.0 Å². The number of amides is 1. The number of rotatable bonds is 7. The van der Waals surface area contributed by atoms with Gasteiger partial charge in [-0.05, 0) is 17.7 Å². The third-order valence-corrected chi connectivity index (χ3v) is 4.65. The highest BCUT2D eigenvalue weighted by atomic mass is 79.9. The largest absolute Gasteiger partial charge is 0.481 e. The zero-order chi connectivity index (χ0) is 16.9. The topological polar surface area (TPSA) is 104 Å². The second kappa shape index (κ2) is 7.70. The minimum absolute atomic E-state index is 0.301. The first-order valence-electron chi connectivity index (χ1n) is 6.27. The SMILES string of the molecule is CN(CC(=O)NC(CC(=O)O)c1cccc(Br)c1)S(C)(=O)=O. The second-order valence-corrected chi connectivity index (χ2v) is 7.80. The van der Waals surface area contributed by atoms with Crippen LogP contribution in [0.4, 0.5) is 0 Å². The molecule has 9 heteroatoms. The summed E-state index contributed by atoms with van der Waals surface area (Å²) in [5.41, 5.74) is 0.618. The van der Waals surface area contributed by atoms with Gasteiger partial charge in [-0.2, -0.15) is 4.31 Å². The Kier molecular flexibility index (Phi) is 6.51. The van der Waals surface area contributed by atoms with Gasteiger partial charge in [0.1, 0.15) is 0 Å². The summed E-state index contributed by atoms with van der Waals surface area (Å²) >= 11 is 3.28. The molecule has 7 nitrogen and oxygen atoms in total. The number of carbonyl (C=O) groups excluding carboxylic acids is 1. The molecule has 0 spiro atoms. The fourth-order valence-electron chi connectivity index (χ4n) is 1.71. The maximum absolute atomic E-state index is 11.9. The van der Waals surface area contributed by atoms with Crippen molar-refractivity contribution in [2.45, 2.75) is 12.5 Å². The van der Waals surface area contributed by atoms with Gasteiger partial charge < -0.3 is 10.4 Å². The molecule has 1 unspecified atom stereocenters. The minimum atomic E-state index is -3.48. The van der Waals surface area contributed by atoms with Crippen LogP contribution in [0.15, 0.2) is 28.7 Å². The first-order chi connectivity index (χ1) is 10.1. The van der Waals surface area contributed by atoms with Crippen LogP contribution in [0.3, 0.4) is 0 Å². The van der Waals surface area contributed by atoms with Crippen LogP contribution < -0.4 is 5.32 Å². The van der Waals surface area contributed by atoms with E-state index in [1.54, 1.807) is 24.3 Å². The van der Waals surface area contributed by atoms with Gasteiger partial charge in [0.25, 0.3) is 0 Å². The normalized spacial score (nSPS) is 12.9. The van der Waals surface area contributed by atoms with Crippen molar-refractivity contribution < 1.29 is 23.1 Å². The minimum Gasteiger partial charge on any atom is -0.481 e. The molecule has 0 aromatic heterocycles. The van der Waals surface area contributed by atoms with Crippen molar-refractivity contribution in [1.29, 1.82) is 0 Å². The van der Waals surface area contributed by atoms with E-state index in [4.69, 9.17) is 5.11 Å². The van der Waals surface area contributed by atoms with Gasteiger partial charge in [-0.1, -0.05) is 28.1 Å². The first kappa shape index (κ1) is 18.6. The van der Waals surface area contributed by atoms with E-state index in [1.165, 1.54) is 7.05 Å². The third-order valence-electron chi connectivity index (χ3n) is 2.90. The van der Waals surface area contributed by atoms with Crippen LogP contribution in [-0.4, -0.2) is 49.6 Å². The number of sulfonamides is 1. The number of benzene rings is 1. The molecule has 0 radical (unpaired) electrons. The number of halogens is 1. The van der Waals surface area contributed by atoms with E-state index < -0.39 is 27.9 Å². The lowest BCUT2D eigenvalue weighted by molar-refractivity contribution is -0.137. The second-order valence-electron chi connectivity index (χ2n) is 4.79. The molecule has 0 fully saturated rings. The predicted octanol–water partition coefficient (Wildman–Crippen LogP) is 0.973. The van der Waals surface area contributed by atoms with E-state index in [2.05, 4.69) is 21.2 Å². The molecule has 0 bridgehead atoms. The summed E-state index contributed by atoms with van der Waals surface area (Å²) in [6, 6.07) is 6.16. The van der Waals surface area contributed by atoms with E-state index >= 15 is 0 Å². The summed E-state index contributed by atoms with van der Waals surface area (Å²) in [5, 5.41) is 11.5. The maximum Gasteiger partial charge on any atom is 0.305 e. The van der Waals surface area contributed by atoms with E-state index in [1.807, 2.05) is 0 Å². The monoisotopic (exact) mass is 392 g/mol. The molecule has 22 heavy (non-hydrogen) atoms. The first-order valence-corrected chi connectivity index (χ1v) is 8.91. The van der Waals surface area contributed by atoms with Gasteiger partial charge in [-0.15, -0.1) is 0 Å². The van der Waals surface area contributed by atoms with Gasteiger partial charge in [-0.25, -0.2) is 8.42 Å². The number of nitrogens with one attached hydrogen (secondary N) is 1. The average Bonchev–Trinajstić information content (AvgIpc) is 2.36. The number of hydrogen-bond acceptors (Lipinski definition) is 4. The van der Waals surface area contributed by atoms with Crippen LogP contribution in [0.1, 0.15) is 18.0 Å². The number of carboxylic acid groups (broad SMARTS) is 1. The molecule has 0 saturated heterocycles. The molecule has 1 amide bonds. The number of carboxylic acids is 1. The lowest BCUT2D eigenvalue weighted by atomic mass is 10.0. The zero-order valence-corrected chi connectivity index (χ0v) is 14.5. The van der Waals surface area contributed by atoms with Crippen LogP contribution in [0.2, 0.25) is 0 Å². The van der Waals surface area contributed by atoms with Crippen molar-refractivity contribution in [3.63, 3.8) is 0 Å². The molecule has 0 saturated carbocycles. The Balaban J connectivity index is 2.86. The fourth-order valence-corrected chi connectivity index (χ4v) is 2.48. The highest BCUT2D eigenvalue weighted by molar-refractivity contribution is 9.10. The van der Waals surface area contributed by atoms with E-state index in [-0.39, 0.29) is 13.0 Å². The van der Waals surface area contributed by atoms with Crippen molar-refractivity contribution in [3.05, 3.63) is 34.3 Å². The molecule has 0 aliphatic heterocycles. The summed E-state index contributed by atoms with van der Waals surface area (Å²) in [4.78, 5) is 22.9. The van der Waals surface area contributed by atoms with Gasteiger partial charge in [0, 0.05) is 11.5 Å². The van der Waals surface area contributed by atoms with Gasteiger partial charge in [-0.3, -0.25) is 9.59 Å². The smallest absolute Gasteiger partial charge is 0.305 e. The Morgan fingerprint density at radius 1 is 1.41 bits per heavy atom. The van der Waals surface area contributed by atoms with Crippen LogP contribution >= 0.6 is 15.9 Å². The van der Waals surface area contributed by atoms with E-state index in [0.717, 1.165) is 15.0 Å². The number of aliphatic carboxylic acids is 1. The van der Waals surface area contributed by atoms with Gasteiger partial charge in [0.15, 0.2) is 0 Å². The van der Waals surface area contributed by atoms with Gasteiger partial charge in [0.05, 0.1) is 25.3 Å². The highest BCUT2D eigenvalue weighted by Crippen LogP contribution is 2.21. The molecular formula is C13H17BrN2O5S. The molecule has 1 rings (SSSR count). The Labute approximate surface area is 137 Å². The van der Waals surface area contributed by atoms with Crippen LogP contribution in [0, 0.1) is 0 Å². The van der Waals surface area contributed by atoms with E-state index in [0.29, 0.717) is 5.56 Å². The number of likely N-dealkylation sites (N-methyl/N-ethyl adjacent to an activating group) is 1. The van der Waals surface area contributed by atoms with Crippen molar-refractivity contribution in [2.24, 2.45) is 0 Å². The predicted molar refractivity (Wildman–Crippen MR) is 84.8 cm³/mol. The average molecular weight is 393 g/mol. The van der Waals surface area contributed by atoms with Gasteiger partial charge in [0.2, 0.25) is 15.9 Å². The fraction of sp³-hybridized carbons (Fsp3) is 0.385. The summed E-state index contributed by atoms with van der Waals surface area (Å²) in [5.74, 6) is -1.64.